The van der Waals surface area contributed by atoms with Crippen molar-refractivity contribution in [3.8, 4) is 11.5 Å². The van der Waals surface area contributed by atoms with E-state index in [1.165, 1.54) is 25.3 Å². The molecule has 4 heteroatoms. The van der Waals surface area contributed by atoms with Crippen molar-refractivity contribution in [1.29, 1.82) is 0 Å². The first-order chi connectivity index (χ1) is 9.60. The number of allylic oxidation sites excluding steroid dienone is 3. The minimum atomic E-state index is -0.0902. The third-order valence-electron chi connectivity index (χ3n) is 3.20. The van der Waals surface area contributed by atoms with E-state index in [1.54, 1.807) is 18.2 Å². The fraction of sp³-hybridized carbons (Fsp3) is 0.250. The van der Waals surface area contributed by atoms with E-state index in [0.29, 0.717) is 36.1 Å². The number of benzene rings is 1. The molecule has 0 spiro atoms. The van der Waals surface area contributed by atoms with Crippen LogP contribution in [0.3, 0.4) is 0 Å². The number of carbonyl (C=O) groups is 2. The number of hydrogen-bond donors (Lipinski definition) is 1. The zero-order chi connectivity index (χ0) is 14.5. The van der Waals surface area contributed by atoms with Gasteiger partial charge in [-0.1, -0.05) is 6.08 Å². The summed E-state index contributed by atoms with van der Waals surface area (Å²) in [5.41, 5.74) is 1.39. The molecule has 0 saturated heterocycles. The van der Waals surface area contributed by atoms with Crippen molar-refractivity contribution in [2.24, 2.45) is 0 Å². The standard InChI is InChI=1S/C16H16O4/c1-20-16-10-14(18)8-4-12(16)5-9-15(19)11-2-6-13(17)7-3-11/h2,4-5,8-10,18H,3,6-7H2,1H3. The number of carbonyl (C=O) groups excluding carboxylic acids is 2. The minimum absolute atomic E-state index is 0.0902. The molecule has 0 atom stereocenters. The van der Waals surface area contributed by atoms with Crippen molar-refractivity contribution in [2.75, 3.05) is 7.11 Å². The average Bonchev–Trinajstić information content (AvgIpc) is 2.46. The van der Waals surface area contributed by atoms with Gasteiger partial charge in [-0.2, -0.15) is 0 Å². The lowest BCUT2D eigenvalue weighted by Crippen LogP contribution is -2.08. The second-order valence-electron chi connectivity index (χ2n) is 4.60. The Labute approximate surface area is 117 Å². The first kappa shape index (κ1) is 14.1. The molecule has 1 aliphatic carbocycles. The Hall–Kier alpha value is -2.36. The highest BCUT2D eigenvalue weighted by Crippen LogP contribution is 2.25. The highest BCUT2D eigenvalue weighted by molar-refractivity contribution is 6.07. The minimum Gasteiger partial charge on any atom is -0.508 e. The maximum atomic E-state index is 12.0. The summed E-state index contributed by atoms with van der Waals surface area (Å²) in [7, 11) is 1.50. The summed E-state index contributed by atoms with van der Waals surface area (Å²) in [5.74, 6) is 0.694. The van der Waals surface area contributed by atoms with Crippen LogP contribution in [0.1, 0.15) is 24.8 Å². The largest absolute Gasteiger partial charge is 0.508 e. The van der Waals surface area contributed by atoms with Crippen molar-refractivity contribution >= 4 is 17.6 Å². The van der Waals surface area contributed by atoms with Gasteiger partial charge in [-0.3, -0.25) is 9.59 Å². The molecule has 1 aromatic carbocycles. The normalized spacial score (nSPS) is 15.2. The van der Waals surface area contributed by atoms with E-state index >= 15 is 0 Å². The number of phenols is 1. The van der Waals surface area contributed by atoms with Gasteiger partial charge in [0.1, 0.15) is 17.3 Å². The van der Waals surface area contributed by atoms with E-state index in [0.717, 1.165) is 0 Å². The average molecular weight is 272 g/mol. The molecule has 20 heavy (non-hydrogen) atoms. The number of methoxy groups -OCH3 is 1. The molecule has 4 nitrogen and oxygen atoms in total. The Kier molecular flexibility index (Phi) is 4.35. The van der Waals surface area contributed by atoms with Crippen LogP contribution in [-0.4, -0.2) is 23.8 Å². The van der Waals surface area contributed by atoms with Crippen LogP contribution in [0.15, 0.2) is 35.9 Å². The summed E-state index contributed by atoms with van der Waals surface area (Å²) >= 11 is 0. The van der Waals surface area contributed by atoms with E-state index in [2.05, 4.69) is 0 Å². The summed E-state index contributed by atoms with van der Waals surface area (Å²) in [4.78, 5) is 23.1. The van der Waals surface area contributed by atoms with Gasteiger partial charge in [0.05, 0.1) is 7.11 Å². The van der Waals surface area contributed by atoms with Gasteiger partial charge in [-0.05, 0) is 36.3 Å². The second-order valence-corrected chi connectivity index (χ2v) is 4.60. The molecular formula is C16H16O4. The summed E-state index contributed by atoms with van der Waals surface area (Å²) in [6, 6.07) is 4.70. The second kappa shape index (κ2) is 6.19. The summed E-state index contributed by atoms with van der Waals surface area (Å²) in [5, 5.41) is 9.36. The van der Waals surface area contributed by atoms with Crippen molar-refractivity contribution in [3.05, 3.63) is 41.5 Å². The maximum Gasteiger partial charge on any atom is 0.181 e. The van der Waals surface area contributed by atoms with Crippen molar-refractivity contribution in [2.45, 2.75) is 19.3 Å². The van der Waals surface area contributed by atoms with Gasteiger partial charge < -0.3 is 9.84 Å². The van der Waals surface area contributed by atoms with Crippen LogP contribution in [0.2, 0.25) is 0 Å². The lowest BCUT2D eigenvalue weighted by molar-refractivity contribution is -0.118. The van der Waals surface area contributed by atoms with Gasteiger partial charge in [0.25, 0.3) is 0 Å². The van der Waals surface area contributed by atoms with Crippen LogP contribution in [0.5, 0.6) is 11.5 Å². The molecular weight excluding hydrogens is 256 g/mol. The van der Waals surface area contributed by atoms with Crippen LogP contribution < -0.4 is 4.74 Å². The number of hydrogen-bond acceptors (Lipinski definition) is 4. The SMILES string of the molecule is COc1cc(O)ccc1C=CC(=O)C1=CCC(=O)CC1. The molecule has 2 rings (SSSR count). The molecule has 0 saturated carbocycles. The third-order valence-corrected chi connectivity index (χ3v) is 3.20. The van der Waals surface area contributed by atoms with E-state index in [9.17, 15) is 14.7 Å². The van der Waals surface area contributed by atoms with Crippen molar-refractivity contribution < 1.29 is 19.4 Å². The lowest BCUT2D eigenvalue weighted by atomic mass is 9.95. The zero-order valence-corrected chi connectivity index (χ0v) is 11.3. The number of rotatable bonds is 4. The van der Waals surface area contributed by atoms with Crippen LogP contribution >= 0.6 is 0 Å². The van der Waals surface area contributed by atoms with E-state index in [-0.39, 0.29) is 17.3 Å². The van der Waals surface area contributed by atoms with Crippen molar-refractivity contribution in [1.82, 2.24) is 0 Å². The Morgan fingerprint density at radius 2 is 2.15 bits per heavy atom. The van der Waals surface area contributed by atoms with Gasteiger partial charge >= 0.3 is 0 Å². The number of phenolic OH excluding ortho intramolecular Hbond substituents is 1. The summed E-state index contributed by atoms with van der Waals surface area (Å²) in [6.07, 6.45) is 6.11. The van der Waals surface area contributed by atoms with Crippen LogP contribution in [0.25, 0.3) is 6.08 Å². The molecule has 0 aromatic heterocycles. The third kappa shape index (κ3) is 3.35. The van der Waals surface area contributed by atoms with E-state index in [1.807, 2.05) is 0 Å². The molecule has 0 amide bonds. The number of aromatic hydroxyl groups is 1. The Balaban J connectivity index is 2.13. The van der Waals surface area contributed by atoms with E-state index in [4.69, 9.17) is 4.74 Å². The first-order valence-corrected chi connectivity index (χ1v) is 6.40. The molecule has 104 valence electrons. The fourth-order valence-corrected chi connectivity index (χ4v) is 2.05. The molecule has 0 heterocycles. The molecule has 0 aliphatic heterocycles. The number of Topliss-reactive ketones (excluding diaryl/α,β-unsaturated/α-hetero) is 1. The molecule has 1 aromatic rings. The Morgan fingerprint density at radius 3 is 2.80 bits per heavy atom. The predicted octanol–water partition coefficient (Wildman–Crippen LogP) is 2.66. The van der Waals surface area contributed by atoms with Gasteiger partial charge in [-0.15, -0.1) is 0 Å². The summed E-state index contributed by atoms with van der Waals surface area (Å²) < 4.78 is 5.14. The quantitative estimate of drug-likeness (QED) is 0.856. The molecule has 1 aliphatic rings. The lowest BCUT2D eigenvalue weighted by Gasteiger charge is -2.09. The fourth-order valence-electron chi connectivity index (χ4n) is 2.05. The van der Waals surface area contributed by atoms with E-state index < -0.39 is 0 Å². The Morgan fingerprint density at radius 1 is 1.35 bits per heavy atom. The molecule has 0 bridgehead atoms. The highest BCUT2D eigenvalue weighted by atomic mass is 16.5. The number of ketones is 2. The molecule has 0 fully saturated rings. The zero-order valence-electron chi connectivity index (χ0n) is 11.3. The highest BCUT2D eigenvalue weighted by Gasteiger charge is 2.14. The van der Waals surface area contributed by atoms with Crippen molar-refractivity contribution in [3.63, 3.8) is 0 Å². The molecule has 0 radical (unpaired) electrons. The van der Waals surface area contributed by atoms with Gasteiger partial charge in [0.15, 0.2) is 5.78 Å². The van der Waals surface area contributed by atoms with Crippen LogP contribution in [0.4, 0.5) is 0 Å². The molecule has 1 N–H and O–H groups in total. The predicted molar refractivity (Wildman–Crippen MR) is 75.6 cm³/mol. The first-order valence-electron chi connectivity index (χ1n) is 6.40. The topological polar surface area (TPSA) is 63.6 Å². The van der Waals surface area contributed by atoms with Gasteiger partial charge in [0, 0.05) is 24.5 Å². The molecule has 0 unspecified atom stereocenters. The monoisotopic (exact) mass is 272 g/mol. The maximum absolute atomic E-state index is 12.0. The smallest absolute Gasteiger partial charge is 0.181 e. The summed E-state index contributed by atoms with van der Waals surface area (Å²) in [6.45, 7) is 0. The van der Waals surface area contributed by atoms with Gasteiger partial charge in [0.2, 0.25) is 0 Å². The number of ether oxygens (including phenoxy) is 1. The van der Waals surface area contributed by atoms with Crippen LogP contribution in [0, 0.1) is 0 Å². The van der Waals surface area contributed by atoms with Gasteiger partial charge in [-0.25, -0.2) is 0 Å². The van der Waals surface area contributed by atoms with Crippen LogP contribution in [-0.2, 0) is 9.59 Å². The Bertz CT molecular complexity index is 596.